The van der Waals surface area contributed by atoms with Crippen molar-refractivity contribution in [2.24, 2.45) is 0 Å². The fraction of sp³-hybridized carbons (Fsp3) is 0.350. The Balaban J connectivity index is 1.66. The molecule has 0 bridgehead atoms. The first kappa shape index (κ1) is 17.9. The quantitative estimate of drug-likeness (QED) is 0.741. The summed E-state index contributed by atoms with van der Waals surface area (Å²) in [5.41, 5.74) is 1.95. The van der Waals surface area contributed by atoms with Crippen molar-refractivity contribution in [2.75, 3.05) is 32.7 Å². The number of aromatic nitrogens is 1. The maximum Gasteiger partial charge on any atom is 0.278 e. The van der Waals surface area contributed by atoms with Crippen LogP contribution in [0.15, 0.2) is 47.7 Å². The van der Waals surface area contributed by atoms with Gasteiger partial charge >= 0.3 is 0 Å². The lowest BCUT2D eigenvalue weighted by molar-refractivity contribution is -0.138. The minimum absolute atomic E-state index is 0.197. The molecule has 4 rings (SSSR count). The van der Waals surface area contributed by atoms with Crippen molar-refractivity contribution in [1.82, 2.24) is 19.7 Å². The Morgan fingerprint density at radius 1 is 1.07 bits per heavy atom. The molecular formula is C20H22N4O2S. The van der Waals surface area contributed by atoms with E-state index in [0.29, 0.717) is 11.3 Å². The standard InChI is InChI=1S/C20H22N4O2S/c1-2-22-8-10-23(11-9-22)18-17(16-6-4-12-27-16)19(25)24(20(18)26)14-15-5-3-7-21-13-15/h3-7,12-13H,2,8-11,14H2,1H3. The fourth-order valence-corrected chi connectivity index (χ4v) is 4.37. The van der Waals surface area contributed by atoms with Crippen LogP contribution in [0.3, 0.4) is 0 Å². The molecule has 4 heterocycles. The lowest BCUT2D eigenvalue weighted by Gasteiger charge is -2.35. The number of piperazine rings is 1. The lowest BCUT2D eigenvalue weighted by Crippen LogP contribution is -2.47. The van der Waals surface area contributed by atoms with Crippen molar-refractivity contribution in [3.8, 4) is 0 Å². The van der Waals surface area contributed by atoms with Gasteiger partial charge in [-0.3, -0.25) is 19.5 Å². The highest BCUT2D eigenvalue weighted by Gasteiger charge is 2.42. The van der Waals surface area contributed by atoms with Gasteiger partial charge in [0.15, 0.2) is 0 Å². The van der Waals surface area contributed by atoms with Crippen molar-refractivity contribution in [2.45, 2.75) is 13.5 Å². The molecule has 2 aromatic heterocycles. The first-order chi connectivity index (χ1) is 13.2. The van der Waals surface area contributed by atoms with E-state index in [1.165, 1.54) is 16.2 Å². The molecule has 2 aromatic rings. The number of nitrogens with zero attached hydrogens (tertiary/aromatic N) is 4. The van der Waals surface area contributed by atoms with Gasteiger partial charge in [0.2, 0.25) is 0 Å². The number of amides is 2. The van der Waals surface area contributed by atoms with E-state index in [2.05, 4.69) is 21.7 Å². The van der Waals surface area contributed by atoms with Gasteiger partial charge in [0.25, 0.3) is 11.8 Å². The maximum atomic E-state index is 13.3. The van der Waals surface area contributed by atoms with E-state index in [9.17, 15) is 9.59 Å². The number of carbonyl (C=O) groups excluding carboxylic acids is 2. The first-order valence-electron chi connectivity index (χ1n) is 9.19. The summed E-state index contributed by atoms with van der Waals surface area (Å²) >= 11 is 1.50. The normalized spacial score (nSPS) is 18.7. The molecule has 2 amide bonds. The fourth-order valence-electron chi connectivity index (χ4n) is 3.61. The SMILES string of the molecule is CCN1CCN(C2=C(c3cccs3)C(=O)N(Cc3cccnc3)C2=O)CC1. The number of likely N-dealkylation sites (N-methyl/N-ethyl adjacent to an activating group) is 1. The number of imide groups is 1. The molecule has 6 nitrogen and oxygen atoms in total. The molecule has 27 heavy (non-hydrogen) atoms. The van der Waals surface area contributed by atoms with Crippen molar-refractivity contribution < 1.29 is 9.59 Å². The van der Waals surface area contributed by atoms with Gasteiger partial charge in [-0.25, -0.2) is 0 Å². The van der Waals surface area contributed by atoms with Gasteiger partial charge in [0.1, 0.15) is 5.70 Å². The van der Waals surface area contributed by atoms with E-state index >= 15 is 0 Å². The van der Waals surface area contributed by atoms with Gasteiger partial charge in [0, 0.05) is 43.4 Å². The Morgan fingerprint density at radius 3 is 2.52 bits per heavy atom. The molecule has 0 unspecified atom stereocenters. The molecule has 0 spiro atoms. The molecular weight excluding hydrogens is 360 g/mol. The second kappa shape index (κ2) is 7.62. The number of pyridine rings is 1. The first-order valence-corrected chi connectivity index (χ1v) is 10.1. The van der Waals surface area contributed by atoms with Crippen LogP contribution < -0.4 is 0 Å². The zero-order valence-electron chi connectivity index (χ0n) is 15.3. The number of hydrogen-bond acceptors (Lipinski definition) is 6. The van der Waals surface area contributed by atoms with E-state index in [0.717, 1.165) is 43.2 Å². The zero-order chi connectivity index (χ0) is 18.8. The van der Waals surface area contributed by atoms with Crippen LogP contribution in [-0.4, -0.2) is 64.2 Å². The summed E-state index contributed by atoms with van der Waals surface area (Å²) in [4.78, 5) is 37.2. The molecule has 140 valence electrons. The average molecular weight is 382 g/mol. The minimum atomic E-state index is -0.209. The molecule has 2 aliphatic rings. The van der Waals surface area contributed by atoms with Gasteiger partial charge in [0.05, 0.1) is 12.1 Å². The number of thiophene rings is 1. The Bertz CT molecular complexity index is 855. The van der Waals surface area contributed by atoms with Crippen LogP contribution >= 0.6 is 11.3 Å². The highest BCUT2D eigenvalue weighted by Crippen LogP contribution is 2.35. The Labute approximate surface area is 162 Å². The summed E-state index contributed by atoms with van der Waals surface area (Å²) in [7, 11) is 0. The van der Waals surface area contributed by atoms with Crippen molar-refractivity contribution >= 4 is 28.7 Å². The molecule has 0 N–H and O–H groups in total. The summed E-state index contributed by atoms with van der Waals surface area (Å²) < 4.78 is 0. The molecule has 0 aromatic carbocycles. The minimum Gasteiger partial charge on any atom is -0.364 e. The molecule has 1 fully saturated rings. The molecule has 1 saturated heterocycles. The lowest BCUT2D eigenvalue weighted by atomic mass is 10.1. The monoisotopic (exact) mass is 382 g/mol. The number of carbonyl (C=O) groups is 2. The van der Waals surface area contributed by atoms with Gasteiger partial charge < -0.3 is 9.80 Å². The molecule has 0 atom stereocenters. The van der Waals surface area contributed by atoms with Crippen molar-refractivity contribution in [3.05, 3.63) is 58.2 Å². The van der Waals surface area contributed by atoms with Crippen molar-refractivity contribution in [1.29, 1.82) is 0 Å². The highest BCUT2D eigenvalue weighted by atomic mass is 32.1. The Kier molecular flexibility index (Phi) is 5.05. The summed E-state index contributed by atoms with van der Waals surface area (Å²) in [5.74, 6) is -0.406. The summed E-state index contributed by atoms with van der Waals surface area (Å²) in [6, 6.07) is 7.54. The van der Waals surface area contributed by atoms with Crippen LogP contribution in [0.5, 0.6) is 0 Å². The third-order valence-electron chi connectivity index (χ3n) is 5.11. The van der Waals surface area contributed by atoms with Crippen LogP contribution in [0, 0.1) is 0 Å². The predicted molar refractivity (Wildman–Crippen MR) is 105 cm³/mol. The van der Waals surface area contributed by atoms with E-state index < -0.39 is 0 Å². The molecule has 0 radical (unpaired) electrons. The van der Waals surface area contributed by atoms with E-state index in [1.54, 1.807) is 12.4 Å². The number of hydrogen-bond donors (Lipinski definition) is 0. The molecule has 7 heteroatoms. The largest absolute Gasteiger partial charge is 0.364 e. The van der Waals surface area contributed by atoms with Crippen LogP contribution in [0.25, 0.3) is 5.57 Å². The van der Waals surface area contributed by atoms with Crippen molar-refractivity contribution in [3.63, 3.8) is 0 Å². The Hall–Kier alpha value is -2.51. The topological polar surface area (TPSA) is 56.8 Å². The van der Waals surface area contributed by atoms with Crippen LogP contribution in [-0.2, 0) is 16.1 Å². The zero-order valence-corrected chi connectivity index (χ0v) is 16.1. The van der Waals surface area contributed by atoms with Crippen LogP contribution in [0.2, 0.25) is 0 Å². The average Bonchev–Trinajstić information content (AvgIpc) is 3.31. The van der Waals surface area contributed by atoms with Crippen LogP contribution in [0.4, 0.5) is 0 Å². The van der Waals surface area contributed by atoms with E-state index in [1.807, 2.05) is 29.6 Å². The third-order valence-corrected chi connectivity index (χ3v) is 6.00. The van der Waals surface area contributed by atoms with Gasteiger partial charge in [-0.1, -0.05) is 19.1 Å². The predicted octanol–water partition coefficient (Wildman–Crippen LogP) is 2.06. The Morgan fingerprint density at radius 2 is 1.89 bits per heavy atom. The number of rotatable bonds is 5. The second-order valence-electron chi connectivity index (χ2n) is 6.68. The highest BCUT2D eigenvalue weighted by molar-refractivity contribution is 7.11. The molecule has 0 saturated carbocycles. The molecule has 2 aliphatic heterocycles. The maximum absolute atomic E-state index is 13.3. The van der Waals surface area contributed by atoms with Gasteiger partial charge in [-0.05, 0) is 29.6 Å². The summed E-state index contributed by atoms with van der Waals surface area (Å²) in [5, 5.41) is 1.94. The third kappa shape index (κ3) is 3.40. The summed E-state index contributed by atoms with van der Waals surface area (Å²) in [6.07, 6.45) is 3.38. The summed E-state index contributed by atoms with van der Waals surface area (Å²) in [6.45, 7) is 6.73. The van der Waals surface area contributed by atoms with Crippen LogP contribution in [0.1, 0.15) is 17.4 Å². The van der Waals surface area contributed by atoms with Gasteiger partial charge in [-0.15, -0.1) is 11.3 Å². The van der Waals surface area contributed by atoms with Gasteiger partial charge in [-0.2, -0.15) is 0 Å². The molecule has 0 aliphatic carbocycles. The van der Waals surface area contributed by atoms with E-state index in [-0.39, 0.29) is 18.4 Å². The van der Waals surface area contributed by atoms with E-state index in [4.69, 9.17) is 0 Å². The smallest absolute Gasteiger partial charge is 0.278 e. The second-order valence-corrected chi connectivity index (χ2v) is 7.63.